The molecule has 15 heavy (non-hydrogen) atoms. The number of ketones is 1. The summed E-state index contributed by atoms with van der Waals surface area (Å²) in [5, 5.41) is 2.94. The van der Waals surface area contributed by atoms with Gasteiger partial charge in [-0.1, -0.05) is 6.92 Å². The summed E-state index contributed by atoms with van der Waals surface area (Å²) < 4.78 is 35.5. The van der Waals surface area contributed by atoms with Crippen LogP contribution in [0.1, 0.15) is 40.0 Å². The van der Waals surface area contributed by atoms with Crippen LogP contribution in [0.5, 0.6) is 0 Å². The molecule has 0 spiro atoms. The quantitative estimate of drug-likeness (QED) is 0.753. The summed E-state index contributed by atoms with van der Waals surface area (Å²) in [5.74, 6) is -0.173. The zero-order chi connectivity index (χ0) is 12.1. The summed E-state index contributed by atoms with van der Waals surface area (Å²) in [6.45, 7) is 5.85. The Hall–Kier alpha value is -0.580. The topological polar surface area (TPSA) is 29.1 Å². The van der Waals surface area contributed by atoms with Crippen molar-refractivity contribution < 1.29 is 18.0 Å². The monoisotopic (exact) mass is 225 g/mol. The van der Waals surface area contributed by atoms with E-state index in [4.69, 9.17) is 0 Å². The van der Waals surface area contributed by atoms with Crippen molar-refractivity contribution in [1.82, 2.24) is 5.32 Å². The van der Waals surface area contributed by atoms with Gasteiger partial charge in [-0.05, 0) is 26.8 Å². The second-order valence-electron chi connectivity index (χ2n) is 4.05. The lowest BCUT2D eigenvalue weighted by Crippen LogP contribution is -2.46. The van der Waals surface area contributed by atoms with E-state index in [9.17, 15) is 18.0 Å². The van der Waals surface area contributed by atoms with Gasteiger partial charge in [0.2, 0.25) is 0 Å². The van der Waals surface area contributed by atoms with Crippen LogP contribution in [0.3, 0.4) is 0 Å². The molecule has 0 aromatic rings. The lowest BCUT2D eigenvalue weighted by Gasteiger charge is -2.24. The standard InChI is InChI=1S/C10H18F3NO/c1-4-14-9(2,3)8(15)6-5-7-10(11,12)13/h14H,4-7H2,1-3H3. The molecule has 0 aliphatic carbocycles. The molecule has 0 aliphatic heterocycles. The minimum atomic E-state index is -4.16. The lowest BCUT2D eigenvalue weighted by atomic mass is 9.95. The normalized spacial score (nSPS) is 12.9. The van der Waals surface area contributed by atoms with Crippen molar-refractivity contribution in [3.05, 3.63) is 0 Å². The summed E-state index contributed by atoms with van der Waals surface area (Å²) in [5.41, 5.74) is -0.722. The summed E-state index contributed by atoms with van der Waals surface area (Å²) in [4.78, 5) is 11.5. The van der Waals surface area contributed by atoms with Crippen molar-refractivity contribution in [3.63, 3.8) is 0 Å². The highest BCUT2D eigenvalue weighted by Crippen LogP contribution is 2.23. The van der Waals surface area contributed by atoms with Crippen molar-refractivity contribution >= 4 is 5.78 Å². The van der Waals surface area contributed by atoms with Crippen LogP contribution in [0.2, 0.25) is 0 Å². The molecule has 1 N–H and O–H groups in total. The van der Waals surface area contributed by atoms with Crippen molar-refractivity contribution in [1.29, 1.82) is 0 Å². The maximum Gasteiger partial charge on any atom is 0.389 e. The predicted molar refractivity (Wildman–Crippen MR) is 52.7 cm³/mol. The van der Waals surface area contributed by atoms with Crippen LogP contribution in [0.15, 0.2) is 0 Å². The first-order valence-electron chi connectivity index (χ1n) is 5.04. The molecule has 0 aromatic carbocycles. The fraction of sp³-hybridized carbons (Fsp3) is 0.900. The first-order valence-corrected chi connectivity index (χ1v) is 5.04. The number of rotatable bonds is 6. The molecule has 0 fully saturated rings. The van der Waals surface area contributed by atoms with Gasteiger partial charge in [0.15, 0.2) is 5.78 Å². The summed E-state index contributed by atoms with van der Waals surface area (Å²) in [6, 6.07) is 0. The third kappa shape index (κ3) is 6.49. The smallest absolute Gasteiger partial charge is 0.306 e. The van der Waals surface area contributed by atoms with Crippen LogP contribution in [0.4, 0.5) is 13.2 Å². The van der Waals surface area contributed by atoms with Crippen molar-refractivity contribution in [2.24, 2.45) is 0 Å². The van der Waals surface area contributed by atoms with Crippen LogP contribution < -0.4 is 5.32 Å². The maximum atomic E-state index is 11.8. The Morgan fingerprint density at radius 2 is 1.80 bits per heavy atom. The molecule has 0 aliphatic rings. The van der Waals surface area contributed by atoms with Crippen LogP contribution in [0.25, 0.3) is 0 Å². The van der Waals surface area contributed by atoms with Crippen LogP contribution in [0, 0.1) is 0 Å². The van der Waals surface area contributed by atoms with Crippen molar-refractivity contribution in [2.75, 3.05) is 6.54 Å². The number of halogens is 3. The van der Waals surface area contributed by atoms with Gasteiger partial charge in [-0.2, -0.15) is 13.2 Å². The second kappa shape index (κ2) is 5.49. The van der Waals surface area contributed by atoms with E-state index in [1.807, 2.05) is 6.92 Å². The SMILES string of the molecule is CCNC(C)(C)C(=O)CCCC(F)(F)F. The molecular weight excluding hydrogens is 207 g/mol. The number of carbonyl (C=O) groups is 1. The van der Waals surface area contributed by atoms with E-state index in [0.717, 1.165) is 0 Å². The van der Waals surface area contributed by atoms with Gasteiger partial charge in [-0.25, -0.2) is 0 Å². The molecule has 0 heterocycles. The first kappa shape index (κ1) is 14.4. The second-order valence-corrected chi connectivity index (χ2v) is 4.05. The van der Waals surface area contributed by atoms with Gasteiger partial charge in [0.05, 0.1) is 5.54 Å². The van der Waals surface area contributed by atoms with E-state index in [-0.39, 0.29) is 18.6 Å². The van der Waals surface area contributed by atoms with Crippen LogP contribution in [-0.2, 0) is 4.79 Å². The number of alkyl halides is 3. The predicted octanol–water partition coefficient (Wildman–Crippen LogP) is 2.68. The van der Waals surface area contributed by atoms with E-state index >= 15 is 0 Å². The van der Waals surface area contributed by atoms with Gasteiger partial charge in [0.1, 0.15) is 0 Å². The number of hydrogen-bond acceptors (Lipinski definition) is 2. The number of nitrogens with one attached hydrogen (secondary N) is 1. The number of hydrogen-bond donors (Lipinski definition) is 1. The molecule has 0 radical (unpaired) electrons. The average molecular weight is 225 g/mol. The molecule has 0 saturated carbocycles. The molecular formula is C10H18F3NO. The van der Waals surface area contributed by atoms with Gasteiger partial charge in [-0.3, -0.25) is 4.79 Å². The molecule has 2 nitrogen and oxygen atoms in total. The number of Topliss-reactive ketones (excluding diaryl/α,β-unsaturated/α-hetero) is 1. The molecule has 5 heteroatoms. The largest absolute Gasteiger partial charge is 0.389 e. The molecule has 0 amide bonds. The Kier molecular flexibility index (Phi) is 5.28. The third-order valence-corrected chi connectivity index (χ3v) is 2.18. The van der Waals surface area contributed by atoms with Gasteiger partial charge in [-0.15, -0.1) is 0 Å². The number of carbonyl (C=O) groups excluding carboxylic acids is 1. The molecule has 0 aromatic heterocycles. The average Bonchev–Trinajstić information content (AvgIpc) is 2.01. The molecule has 90 valence electrons. The fourth-order valence-electron chi connectivity index (χ4n) is 1.30. The zero-order valence-corrected chi connectivity index (χ0v) is 9.37. The zero-order valence-electron chi connectivity index (χ0n) is 9.37. The van der Waals surface area contributed by atoms with Gasteiger partial charge in [0.25, 0.3) is 0 Å². The van der Waals surface area contributed by atoms with Crippen LogP contribution >= 0.6 is 0 Å². The minimum Gasteiger partial charge on any atom is -0.306 e. The van der Waals surface area contributed by atoms with Gasteiger partial charge >= 0.3 is 6.18 Å². The van der Waals surface area contributed by atoms with Gasteiger partial charge in [0, 0.05) is 12.8 Å². The Balaban J connectivity index is 3.94. The van der Waals surface area contributed by atoms with E-state index in [1.165, 1.54) is 0 Å². The van der Waals surface area contributed by atoms with Gasteiger partial charge < -0.3 is 5.32 Å². The highest BCUT2D eigenvalue weighted by atomic mass is 19.4. The summed E-state index contributed by atoms with van der Waals surface area (Å²) in [6.07, 6.45) is -5.21. The molecule has 0 unspecified atom stereocenters. The first-order chi connectivity index (χ1) is 6.69. The molecule has 0 atom stereocenters. The molecule has 0 rings (SSSR count). The molecule has 0 bridgehead atoms. The maximum absolute atomic E-state index is 11.8. The van der Waals surface area contributed by atoms with Crippen molar-refractivity contribution in [2.45, 2.75) is 51.7 Å². The Labute approximate surface area is 88.2 Å². The van der Waals surface area contributed by atoms with E-state index in [1.54, 1.807) is 13.8 Å². The minimum absolute atomic E-state index is 0.0283. The van der Waals surface area contributed by atoms with Crippen molar-refractivity contribution in [3.8, 4) is 0 Å². The highest BCUT2D eigenvalue weighted by Gasteiger charge is 2.29. The van der Waals surface area contributed by atoms with E-state index < -0.39 is 18.1 Å². The Bertz CT molecular complexity index is 211. The van der Waals surface area contributed by atoms with E-state index in [2.05, 4.69) is 5.32 Å². The summed E-state index contributed by atoms with van der Waals surface area (Å²) >= 11 is 0. The molecule has 0 saturated heterocycles. The Morgan fingerprint density at radius 3 is 2.20 bits per heavy atom. The highest BCUT2D eigenvalue weighted by molar-refractivity contribution is 5.87. The van der Waals surface area contributed by atoms with Crippen LogP contribution in [-0.4, -0.2) is 24.0 Å². The van der Waals surface area contributed by atoms with E-state index in [0.29, 0.717) is 6.54 Å². The fourth-order valence-corrected chi connectivity index (χ4v) is 1.30. The summed E-state index contributed by atoms with van der Waals surface area (Å²) in [7, 11) is 0. The lowest BCUT2D eigenvalue weighted by molar-refractivity contribution is -0.138. The third-order valence-electron chi connectivity index (χ3n) is 2.18. The number of likely N-dealkylation sites (N-methyl/N-ethyl adjacent to an activating group) is 1. The Morgan fingerprint density at radius 1 is 1.27 bits per heavy atom.